The molecule has 3 nitrogen and oxygen atoms in total. The molecule has 1 aromatic carbocycles. The molecule has 3 rings (SSSR count). The number of benzene rings is 1. The van der Waals surface area contributed by atoms with Crippen molar-refractivity contribution in [2.75, 3.05) is 13.2 Å². The van der Waals surface area contributed by atoms with Gasteiger partial charge in [0, 0.05) is 26.1 Å². The van der Waals surface area contributed by atoms with Gasteiger partial charge in [0.05, 0.1) is 0 Å². The monoisotopic (exact) mass is 286 g/mol. The van der Waals surface area contributed by atoms with E-state index in [2.05, 4.69) is 0 Å². The van der Waals surface area contributed by atoms with E-state index in [0.29, 0.717) is 25.4 Å². The average Bonchev–Trinajstić information content (AvgIpc) is 2.96. The molecule has 1 saturated heterocycles. The van der Waals surface area contributed by atoms with Crippen LogP contribution in [0.25, 0.3) is 0 Å². The summed E-state index contributed by atoms with van der Waals surface area (Å²) in [5.41, 5.74) is 3.04. The Labute approximate surface area is 125 Å². The molecule has 112 valence electrons. The highest BCUT2D eigenvalue weighted by molar-refractivity contribution is 6.10. The lowest BCUT2D eigenvalue weighted by atomic mass is 9.71. The molecule has 1 unspecified atom stereocenters. The highest BCUT2D eigenvalue weighted by Crippen LogP contribution is 2.37. The smallest absolute Gasteiger partial charge is 0.148 e. The molecule has 1 atom stereocenters. The predicted molar refractivity (Wildman–Crippen MR) is 80.3 cm³/mol. The van der Waals surface area contributed by atoms with Crippen LogP contribution in [0.4, 0.5) is 0 Å². The number of ketones is 2. The van der Waals surface area contributed by atoms with E-state index >= 15 is 0 Å². The third kappa shape index (κ3) is 2.80. The summed E-state index contributed by atoms with van der Waals surface area (Å²) in [5.74, 6) is 0.225. The van der Waals surface area contributed by atoms with Crippen molar-refractivity contribution in [3.05, 3.63) is 34.9 Å². The van der Waals surface area contributed by atoms with E-state index in [0.717, 1.165) is 29.7 Å². The Bertz CT molecular complexity index is 552. The third-order valence-electron chi connectivity index (χ3n) is 4.95. The fraction of sp³-hybridized carbons (Fsp3) is 0.556. The van der Waals surface area contributed by atoms with E-state index in [1.807, 2.05) is 32.0 Å². The normalized spacial score (nSPS) is 29.9. The van der Waals surface area contributed by atoms with Gasteiger partial charge in [-0.2, -0.15) is 0 Å². The Morgan fingerprint density at radius 2 is 1.76 bits per heavy atom. The van der Waals surface area contributed by atoms with Crippen LogP contribution in [0.15, 0.2) is 18.2 Å². The van der Waals surface area contributed by atoms with E-state index in [1.165, 1.54) is 0 Å². The molecule has 1 saturated carbocycles. The SMILES string of the molecule is Cc1ccc(C)c(C2C(=O)CC(C3CCOC3)CC2=O)c1. The number of ether oxygens (including phenoxy) is 1. The molecule has 1 aromatic rings. The zero-order valence-electron chi connectivity index (χ0n) is 12.7. The molecule has 0 amide bonds. The summed E-state index contributed by atoms with van der Waals surface area (Å²) >= 11 is 0. The van der Waals surface area contributed by atoms with Gasteiger partial charge in [0.1, 0.15) is 17.5 Å². The van der Waals surface area contributed by atoms with Crippen LogP contribution in [-0.2, 0) is 14.3 Å². The first-order valence-electron chi connectivity index (χ1n) is 7.76. The van der Waals surface area contributed by atoms with E-state index in [1.54, 1.807) is 0 Å². The number of rotatable bonds is 2. The Hall–Kier alpha value is -1.48. The van der Waals surface area contributed by atoms with Gasteiger partial charge >= 0.3 is 0 Å². The van der Waals surface area contributed by atoms with E-state index < -0.39 is 5.92 Å². The standard InChI is InChI=1S/C18H22O3/c1-11-3-4-12(2)15(7-11)18-16(19)8-14(9-17(18)20)13-5-6-21-10-13/h3-4,7,13-14,18H,5-6,8-10H2,1-2H3. The maximum absolute atomic E-state index is 12.6. The van der Waals surface area contributed by atoms with Gasteiger partial charge in [-0.05, 0) is 43.2 Å². The van der Waals surface area contributed by atoms with Crippen molar-refractivity contribution in [2.24, 2.45) is 11.8 Å². The first-order valence-corrected chi connectivity index (χ1v) is 7.76. The summed E-state index contributed by atoms with van der Waals surface area (Å²) in [4.78, 5) is 25.1. The summed E-state index contributed by atoms with van der Waals surface area (Å²) in [5, 5.41) is 0. The van der Waals surface area contributed by atoms with Gasteiger partial charge in [-0.1, -0.05) is 23.8 Å². The van der Waals surface area contributed by atoms with Crippen molar-refractivity contribution in [3.63, 3.8) is 0 Å². The number of carbonyl (C=O) groups excluding carboxylic acids is 2. The lowest BCUT2D eigenvalue weighted by Crippen LogP contribution is -2.35. The minimum absolute atomic E-state index is 0.0943. The van der Waals surface area contributed by atoms with Crippen LogP contribution in [0.3, 0.4) is 0 Å². The maximum Gasteiger partial charge on any atom is 0.148 e. The van der Waals surface area contributed by atoms with Crippen molar-refractivity contribution in [1.29, 1.82) is 0 Å². The van der Waals surface area contributed by atoms with E-state index in [9.17, 15) is 9.59 Å². The van der Waals surface area contributed by atoms with E-state index in [-0.39, 0.29) is 17.5 Å². The highest BCUT2D eigenvalue weighted by Gasteiger charge is 2.40. The molecule has 1 heterocycles. The molecule has 0 radical (unpaired) electrons. The number of Topliss-reactive ketones (excluding diaryl/α,β-unsaturated/α-hetero) is 2. The second-order valence-electron chi connectivity index (χ2n) is 6.52. The van der Waals surface area contributed by atoms with Crippen LogP contribution in [0.5, 0.6) is 0 Å². The summed E-state index contributed by atoms with van der Waals surface area (Å²) in [6.45, 7) is 5.45. The molecule has 0 aromatic heterocycles. The zero-order chi connectivity index (χ0) is 15.0. The summed E-state index contributed by atoms with van der Waals surface area (Å²) in [6, 6.07) is 6.02. The lowest BCUT2D eigenvalue weighted by Gasteiger charge is -2.30. The molecule has 3 heteroatoms. The van der Waals surface area contributed by atoms with Gasteiger partial charge in [0.25, 0.3) is 0 Å². The number of aryl methyl sites for hydroxylation is 2. The lowest BCUT2D eigenvalue weighted by molar-refractivity contribution is -0.134. The minimum atomic E-state index is -0.538. The minimum Gasteiger partial charge on any atom is -0.381 e. The quantitative estimate of drug-likeness (QED) is 0.785. The number of hydrogen-bond donors (Lipinski definition) is 0. The maximum atomic E-state index is 12.6. The predicted octanol–water partition coefficient (Wildman–Crippen LogP) is 2.97. The number of carbonyl (C=O) groups is 2. The van der Waals surface area contributed by atoms with Crippen LogP contribution in [0.2, 0.25) is 0 Å². The van der Waals surface area contributed by atoms with Crippen LogP contribution in [0.1, 0.15) is 41.9 Å². The number of hydrogen-bond acceptors (Lipinski definition) is 3. The van der Waals surface area contributed by atoms with Crippen LogP contribution < -0.4 is 0 Å². The van der Waals surface area contributed by atoms with Crippen LogP contribution in [0, 0.1) is 25.7 Å². The third-order valence-corrected chi connectivity index (χ3v) is 4.95. The van der Waals surface area contributed by atoms with Crippen molar-refractivity contribution < 1.29 is 14.3 Å². The first kappa shape index (κ1) is 14.5. The highest BCUT2D eigenvalue weighted by atomic mass is 16.5. The summed E-state index contributed by atoms with van der Waals surface area (Å²) in [6.07, 6.45) is 2.04. The first-order chi connectivity index (χ1) is 10.1. The summed E-state index contributed by atoms with van der Waals surface area (Å²) < 4.78 is 5.40. The fourth-order valence-electron chi connectivity index (χ4n) is 3.68. The van der Waals surface area contributed by atoms with Crippen LogP contribution in [-0.4, -0.2) is 24.8 Å². The molecule has 2 aliphatic rings. The van der Waals surface area contributed by atoms with Gasteiger partial charge < -0.3 is 4.74 Å². The van der Waals surface area contributed by atoms with Gasteiger partial charge in [-0.3, -0.25) is 9.59 Å². The largest absolute Gasteiger partial charge is 0.381 e. The Morgan fingerprint density at radius 3 is 2.38 bits per heavy atom. The second kappa shape index (κ2) is 5.72. The fourth-order valence-corrected chi connectivity index (χ4v) is 3.68. The second-order valence-corrected chi connectivity index (χ2v) is 6.52. The van der Waals surface area contributed by atoms with Gasteiger partial charge in [0.2, 0.25) is 0 Å². The molecule has 21 heavy (non-hydrogen) atoms. The summed E-state index contributed by atoms with van der Waals surface area (Å²) in [7, 11) is 0. The Morgan fingerprint density at radius 1 is 1.05 bits per heavy atom. The molecule has 0 N–H and O–H groups in total. The molecule has 0 spiro atoms. The molecular weight excluding hydrogens is 264 g/mol. The molecule has 0 bridgehead atoms. The van der Waals surface area contributed by atoms with Crippen molar-refractivity contribution in [2.45, 2.75) is 39.0 Å². The molecular formula is C18H22O3. The van der Waals surface area contributed by atoms with Gasteiger partial charge in [-0.15, -0.1) is 0 Å². The van der Waals surface area contributed by atoms with E-state index in [4.69, 9.17) is 4.74 Å². The zero-order valence-corrected chi connectivity index (χ0v) is 12.7. The van der Waals surface area contributed by atoms with Gasteiger partial charge in [-0.25, -0.2) is 0 Å². The topological polar surface area (TPSA) is 43.4 Å². The van der Waals surface area contributed by atoms with Crippen LogP contribution >= 0.6 is 0 Å². The average molecular weight is 286 g/mol. The molecule has 2 fully saturated rings. The molecule has 1 aliphatic heterocycles. The Balaban J connectivity index is 1.83. The van der Waals surface area contributed by atoms with Gasteiger partial charge in [0.15, 0.2) is 0 Å². The molecule has 1 aliphatic carbocycles. The van der Waals surface area contributed by atoms with Crippen molar-refractivity contribution in [1.82, 2.24) is 0 Å². The van der Waals surface area contributed by atoms with Crippen molar-refractivity contribution >= 4 is 11.6 Å². The Kier molecular flexibility index (Phi) is 3.94. The van der Waals surface area contributed by atoms with Crippen molar-refractivity contribution in [3.8, 4) is 0 Å².